The van der Waals surface area contributed by atoms with Crippen molar-refractivity contribution in [2.24, 2.45) is 17.3 Å². The first-order valence-corrected chi connectivity index (χ1v) is 11.2. The number of halogens is 6. The van der Waals surface area contributed by atoms with Gasteiger partial charge in [-0.25, -0.2) is 17.6 Å². The molecule has 3 fully saturated rings. The van der Waals surface area contributed by atoms with Crippen molar-refractivity contribution >= 4 is 44.3 Å². The van der Waals surface area contributed by atoms with Crippen LogP contribution in [0.3, 0.4) is 0 Å². The molecule has 2 heterocycles. The molecule has 2 aromatic rings. The fourth-order valence-electron chi connectivity index (χ4n) is 4.75. The number of ether oxygens (including phenoxy) is 1. The van der Waals surface area contributed by atoms with Crippen molar-refractivity contribution in [1.82, 2.24) is 9.97 Å². The molecule has 4 nitrogen and oxygen atoms in total. The summed E-state index contributed by atoms with van der Waals surface area (Å²) in [7, 11) is 0. The van der Waals surface area contributed by atoms with E-state index in [1.165, 1.54) is 6.07 Å². The van der Waals surface area contributed by atoms with Crippen molar-refractivity contribution in [1.29, 1.82) is 0 Å². The lowest BCUT2D eigenvalue weighted by atomic mass is 9.98. The van der Waals surface area contributed by atoms with Crippen molar-refractivity contribution in [2.45, 2.75) is 31.6 Å². The van der Waals surface area contributed by atoms with Gasteiger partial charge in [0.15, 0.2) is 5.82 Å². The first-order chi connectivity index (χ1) is 14.2. The van der Waals surface area contributed by atoms with Crippen molar-refractivity contribution in [3.05, 3.63) is 22.2 Å². The van der Waals surface area contributed by atoms with E-state index in [4.69, 9.17) is 16.3 Å². The van der Waals surface area contributed by atoms with Crippen LogP contribution in [0.4, 0.5) is 23.4 Å². The zero-order chi connectivity index (χ0) is 21.3. The topological polar surface area (TPSA) is 38.2 Å². The largest absolute Gasteiger partial charge is 0.463 e. The van der Waals surface area contributed by atoms with Gasteiger partial charge in [-0.2, -0.15) is 9.97 Å². The second kappa shape index (κ2) is 7.08. The smallest absolute Gasteiger partial charge is 0.319 e. The van der Waals surface area contributed by atoms with Gasteiger partial charge in [-0.15, -0.1) is 11.6 Å². The molecule has 3 aliphatic rings. The summed E-state index contributed by atoms with van der Waals surface area (Å²) in [5, 5.41) is 0.241. The normalized spacial score (nSPS) is 29.5. The van der Waals surface area contributed by atoms with Crippen molar-refractivity contribution in [2.75, 3.05) is 30.5 Å². The minimum absolute atomic E-state index is 0.108. The number of benzene rings is 1. The zero-order valence-electron chi connectivity index (χ0n) is 15.9. The molecule has 0 radical (unpaired) electrons. The number of anilines is 1. The Morgan fingerprint density at radius 2 is 1.87 bits per heavy atom. The quantitative estimate of drug-likeness (QED) is 0.302. The van der Waals surface area contributed by atoms with Crippen LogP contribution in [0.5, 0.6) is 6.01 Å². The van der Waals surface area contributed by atoms with E-state index in [-0.39, 0.29) is 40.3 Å². The van der Waals surface area contributed by atoms with Crippen LogP contribution in [0.25, 0.3) is 10.9 Å². The number of nitrogens with zero attached hydrogens (tertiary/aromatic N) is 3. The molecule has 1 aliphatic heterocycles. The van der Waals surface area contributed by atoms with Crippen molar-refractivity contribution < 1.29 is 22.3 Å². The molecule has 3 atom stereocenters. The Bertz CT molecular complexity index is 1010. The van der Waals surface area contributed by atoms with E-state index >= 15 is 0 Å². The lowest BCUT2D eigenvalue weighted by molar-refractivity contribution is 0.0496. The van der Waals surface area contributed by atoms with Gasteiger partial charge in [-0.3, -0.25) is 0 Å². The van der Waals surface area contributed by atoms with E-state index < -0.39 is 23.0 Å². The van der Waals surface area contributed by atoms with Crippen LogP contribution >= 0.6 is 27.5 Å². The van der Waals surface area contributed by atoms with E-state index in [2.05, 4.69) is 25.9 Å². The Morgan fingerprint density at radius 1 is 1.20 bits per heavy atom. The number of aromatic nitrogens is 2. The van der Waals surface area contributed by atoms with Gasteiger partial charge in [-0.1, -0.05) is 0 Å². The number of alkyl halides is 3. The van der Waals surface area contributed by atoms with Crippen LogP contribution < -0.4 is 9.64 Å². The van der Waals surface area contributed by atoms with Crippen LogP contribution in [0.15, 0.2) is 10.5 Å². The van der Waals surface area contributed by atoms with Gasteiger partial charge in [0.2, 0.25) is 0 Å². The Kier molecular flexibility index (Phi) is 4.85. The van der Waals surface area contributed by atoms with Gasteiger partial charge in [0, 0.05) is 30.8 Å². The molecule has 1 aromatic heterocycles. The molecule has 0 N–H and O–H groups in total. The minimum Gasteiger partial charge on any atom is -0.463 e. The predicted octanol–water partition coefficient (Wildman–Crippen LogP) is 5.55. The summed E-state index contributed by atoms with van der Waals surface area (Å²) in [6, 6.07) is 0.993. The predicted molar refractivity (Wildman–Crippen MR) is 108 cm³/mol. The number of fused-ring (bicyclic) bond motifs is 3. The molecule has 2 aliphatic carbocycles. The molecule has 1 saturated heterocycles. The average molecular weight is 509 g/mol. The van der Waals surface area contributed by atoms with Crippen LogP contribution in [-0.2, 0) is 0 Å². The van der Waals surface area contributed by atoms with Crippen LogP contribution in [0.2, 0.25) is 0 Å². The highest BCUT2D eigenvalue weighted by Crippen LogP contribution is 2.61. The highest BCUT2D eigenvalue weighted by atomic mass is 79.9. The van der Waals surface area contributed by atoms with Gasteiger partial charge in [-0.05, 0) is 53.1 Å². The lowest BCUT2D eigenvalue weighted by Gasteiger charge is -2.33. The molecule has 30 heavy (non-hydrogen) atoms. The van der Waals surface area contributed by atoms with E-state index in [1.54, 1.807) is 0 Å². The van der Waals surface area contributed by atoms with E-state index in [0.29, 0.717) is 17.7 Å². The number of rotatable bonds is 5. The van der Waals surface area contributed by atoms with Gasteiger partial charge in [0.25, 0.3) is 5.92 Å². The first kappa shape index (κ1) is 20.5. The third-order valence-corrected chi connectivity index (χ3v) is 7.88. The fourth-order valence-corrected chi connectivity index (χ4v) is 5.42. The minimum atomic E-state index is -2.90. The summed E-state index contributed by atoms with van der Waals surface area (Å²) >= 11 is 8.64. The molecule has 0 spiro atoms. The van der Waals surface area contributed by atoms with Crippen LogP contribution in [0, 0.1) is 28.9 Å². The summed E-state index contributed by atoms with van der Waals surface area (Å²) in [5.41, 5.74) is -1.57. The fraction of sp³-hybridized carbons (Fsp3) is 0.600. The molecule has 0 amide bonds. The molecule has 2 bridgehead atoms. The maximum atomic E-state index is 14.8. The maximum absolute atomic E-state index is 14.8. The molecule has 1 aromatic carbocycles. The molecule has 5 rings (SSSR count). The third kappa shape index (κ3) is 3.23. The maximum Gasteiger partial charge on any atom is 0.319 e. The molecule has 2 saturated carbocycles. The second-order valence-corrected chi connectivity index (χ2v) is 9.81. The van der Waals surface area contributed by atoms with E-state index in [1.807, 2.05) is 4.90 Å². The summed E-state index contributed by atoms with van der Waals surface area (Å²) in [5.74, 6) is -3.40. The van der Waals surface area contributed by atoms with Crippen LogP contribution in [0.1, 0.15) is 25.7 Å². The van der Waals surface area contributed by atoms with Gasteiger partial charge in [0.1, 0.15) is 23.8 Å². The summed E-state index contributed by atoms with van der Waals surface area (Å²) in [6.07, 6.45) is 3.01. The number of piperidine rings is 1. The molecule has 10 heteroatoms. The summed E-state index contributed by atoms with van der Waals surface area (Å²) in [6.45, 7) is 1.08. The van der Waals surface area contributed by atoms with Crippen molar-refractivity contribution in [3.63, 3.8) is 0 Å². The third-order valence-electron chi connectivity index (χ3n) is 6.64. The zero-order valence-corrected chi connectivity index (χ0v) is 18.2. The average Bonchev–Trinajstić information content (AvgIpc) is 3.12. The monoisotopic (exact) mass is 507 g/mol. The SMILES string of the molecule is Fc1cc2c(N3CC4CCC(C4)C3)nc(OCC3(CCl)CC3(F)F)nc2c(F)c1Br. The van der Waals surface area contributed by atoms with Gasteiger partial charge in [0.05, 0.1) is 9.89 Å². The molecule has 162 valence electrons. The highest BCUT2D eigenvalue weighted by molar-refractivity contribution is 9.10. The van der Waals surface area contributed by atoms with Crippen LogP contribution in [-0.4, -0.2) is 41.5 Å². The molecular formula is C20H19BrClF4N3O. The van der Waals surface area contributed by atoms with E-state index in [0.717, 1.165) is 32.4 Å². The van der Waals surface area contributed by atoms with Crippen molar-refractivity contribution in [3.8, 4) is 6.01 Å². The second-order valence-electron chi connectivity index (χ2n) is 8.75. The molecular weight excluding hydrogens is 490 g/mol. The van der Waals surface area contributed by atoms with Gasteiger partial charge < -0.3 is 9.64 Å². The Hall–Kier alpha value is -1.35. The van der Waals surface area contributed by atoms with Gasteiger partial charge >= 0.3 is 6.01 Å². The first-order valence-electron chi connectivity index (χ1n) is 9.90. The van der Waals surface area contributed by atoms with E-state index in [9.17, 15) is 17.6 Å². The molecule has 3 unspecified atom stereocenters. The summed E-state index contributed by atoms with van der Waals surface area (Å²) < 4.78 is 61.7. The summed E-state index contributed by atoms with van der Waals surface area (Å²) in [4.78, 5) is 10.5. The standard InChI is InChI=1S/C20H19BrClF4N3O/c21-14-13(23)4-12-16(15(14)24)27-18(30-9-19(8-22)7-20(19,25)26)28-17(12)29-5-10-1-2-11(3-10)6-29/h4,10-11H,1-3,5-9H2. The number of hydrogen-bond donors (Lipinski definition) is 0. The highest BCUT2D eigenvalue weighted by Gasteiger charge is 2.71. The Morgan fingerprint density at radius 3 is 2.47 bits per heavy atom. The number of hydrogen-bond acceptors (Lipinski definition) is 4. The lowest BCUT2D eigenvalue weighted by Crippen LogP contribution is -2.37. The Balaban J connectivity index is 1.55. The Labute approximate surface area is 184 Å².